The number of hydrogen-bond acceptors (Lipinski definition) is 3. The van der Waals surface area contributed by atoms with Crippen LogP contribution in [0.25, 0.3) is 10.2 Å². The van der Waals surface area contributed by atoms with E-state index < -0.39 is 0 Å². The SMILES string of the molecule is Cc1nn(Cc2ccccc2Cl)c2sc(C(=O)NC(C)C)cc12. The number of carbonyl (C=O) groups excluding carboxylic acids is 1. The van der Waals surface area contributed by atoms with E-state index in [0.29, 0.717) is 11.4 Å². The molecule has 0 saturated carbocycles. The standard InChI is InChI=1S/C17H18ClN3OS/c1-10(2)19-16(22)15-8-13-11(3)20-21(17(13)23-15)9-12-6-4-5-7-14(12)18/h4-8,10H,9H2,1-3H3,(H,19,22). The van der Waals surface area contributed by atoms with Gasteiger partial charge in [-0.3, -0.25) is 9.48 Å². The molecule has 2 heterocycles. The number of halogens is 1. The molecule has 1 amide bonds. The molecule has 0 aliphatic rings. The third kappa shape index (κ3) is 3.26. The van der Waals surface area contributed by atoms with E-state index in [2.05, 4.69) is 10.4 Å². The van der Waals surface area contributed by atoms with Crippen molar-refractivity contribution in [1.82, 2.24) is 15.1 Å². The van der Waals surface area contributed by atoms with Crippen molar-refractivity contribution in [1.29, 1.82) is 0 Å². The quantitative estimate of drug-likeness (QED) is 0.767. The molecule has 0 aliphatic heterocycles. The number of thiophene rings is 1. The van der Waals surface area contributed by atoms with Crippen LogP contribution in [0.15, 0.2) is 30.3 Å². The Bertz CT molecular complexity index is 866. The summed E-state index contributed by atoms with van der Waals surface area (Å²) in [6.45, 7) is 6.46. The fraction of sp³-hybridized carbons (Fsp3) is 0.294. The third-order valence-electron chi connectivity index (χ3n) is 3.53. The molecule has 23 heavy (non-hydrogen) atoms. The van der Waals surface area contributed by atoms with Crippen LogP contribution in [0, 0.1) is 6.92 Å². The molecule has 120 valence electrons. The van der Waals surface area contributed by atoms with Crippen molar-refractivity contribution in [3.05, 3.63) is 51.5 Å². The second kappa shape index (κ2) is 6.34. The van der Waals surface area contributed by atoms with Gasteiger partial charge in [-0.05, 0) is 38.5 Å². The molecule has 6 heteroatoms. The Balaban J connectivity index is 1.97. The lowest BCUT2D eigenvalue weighted by molar-refractivity contribution is 0.0947. The van der Waals surface area contributed by atoms with Gasteiger partial charge in [0.2, 0.25) is 0 Å². The first-order valence-electron chi connectivity index (χ1n) is 7.47. The molecule has 3 rings (SSSR count). The molecule has 0 aliphatic carbocycles. The third-order valence-corrected chi connectivity index (χ3v) is 5.04. The van der Waals surface area contributed by atoms with Crippen molar-refractivity contribution in [2.24, 2.45) is 0 Å². The minimum Gasteiger partial charge on any atom is -0.349 e. The maximum atomic E-state index is 12.2. The van der Waals surface area contributed by atoms with Gasteiger partial charge in [0.15, 0.2) is 0 Å². The lowest BCUT2D eigenvalue weighted by Gasteiger charge is -2.06. The summed E-state index contributed by atoms with van der Waals surface area (Å²) in [5.41, 5.74) is 1.94. The van der Waals surface area contributed by atoms with Crippen molar-refractivity contribution in [3.63, 3.8) is 0 Å². The van der Waals surface area contributed by atoms with Gasteiger partial charge < -0.3 is 5.32 Å². The van der Waals surface area contributed by atoms with Gasteiger partial charge in [0.05, 0.1) is 17.1 Å². The highest BCUT2D eigenvalue weighted by Gasteiger charge is 2.17. The van der Waals surface area contributed by atoms with Crippen molar-refractivity contribution >= 4 is 39.1 Å². The molecule has 3 aromatic rings. The average Bonchev–Trinajstić information content (AvgIpc) is 3.03. The van der Waals surface area contributed by atoms with Crippen molar-refractivity contribution < 1.29 is 4.79 Å². The van der Waals surface area contributed by atoms with E-state index >= 15 is 0 Å². The van der Waals surface area contributed by atoms with E-state index in [1.54, 1.807) is 0 Å². The number of aryl methyl sites for hydroxylation is 1. The largest absolute Gasteiger partial charge is 0.349 e. The predicted molar refractivity (Wildman–Crippen MR) is 95.5 cm³/mol. The van der Waals surface area contributed by atoms with Crippen LogP contribution in [0.4, 0.5) is 0 Å². The second-order valence-corrected chi connectivity index (χ2v) is 7.23. The minimum atomic E-state index is -0.0371. The lowest BCUT2D eigenvalue weighted by atomic mass is 10.2. The Hall–Kier alpha value is -1.85. The summed E-state index contributed by atoms with van der Waals surface area (Å²) in [5, 5.41) is 9.26. The number of amides is 1. The fourth-order valence-electron chi connectivity index (χ4n) is 2.45. The number of nitrogens with one attached hydrogen (secondary N) is 1. The molecule has 1 aromatic carbocycles. The molecule has 0 unspecified atom stereocenters. The van der Waals surface area contributed by atoms with Crippen LogP contribution in [0.2, 0.25) is 5.02 Å². The second-order valence-electron chi connectivity index (χ2n) is 5.79. The van der Waals surface area contributed by atoms with E-state index in [4.69, 9.17) is 11.6 Å². The maximum absolute atomic E-state index is 12.2. The zero-order valence-corrected chi connectivity index (χ0v) is 14.8. The van der Waals surface area contributed by atoms with Gasteiger partial charge in [0.1, 0.15) is 4.83 Å². The van der Waals surface area contributed by atoms with Crippen LogP contribution in [0.1, 0.15) is 34.8 Å². The number of carbonyl (C=O) groups is 1. The van der Waals surface area contributed by atoms with E-state index in [1.165, 1.54) is 11.3 Å². The Morgan fingerprint density at radius 3 is 2.83 bits per heavy atom. The number of rotatable bonds is 4. The van der Waals surface area contributed by atoms with Gasteiger partial charge >= 0.3 is 0 Å². The summed E-state index contributed by atoms with van der Waals surface area (Å²) in [6.07, 6.45) is 0. The predicted octanol–water partition coefficient (Wildman–Crippen LogP) is 4.25. The van der Waals surface area contributed by atoms with Crippen LogP contribution < -0.4 is 5.32 Å². The molecule has 4 nitrogen and oxygen atoms in total. The van der Waals surface area contributed by atoms with Gasteiger partial charge in [0, 0.05) is 16.5 Å². The van der Waals surface area contributed by atoms with Crippen LogP contribution in [-0.4, -0.2) is 21.7 Å². The lowest BCUT2D eigenvalue weighted by Crippen LogP contribution is -2.29. The Morgan fingerprint density at radius 2 is 2.13 bits per heavy atom. The zero-order valence-electron chi connectivity index (χ0n) is 13.3. The normalized spacial score (nSPS) is 11.3. The number of nitrogens with zero attached hydrogens (tertiary/aromatic N) is 2. The summed E-state index contributed by atoms with van der Waals surface area (Å²) < 4.78 is 1.92. The van der Waals surface area contributed by atoms with Crippen LogP contribution >= 0.6 is 22.9 Å². The van der Waals surface area contributed by atoms with Crippen molar-refractivity contribution in [2.75, 3.05) is 0 Å². The number of hydrogen-bond donors (Lipinski definition) is 1. The summed E-state index contributed by atoms with van der Waals surface area (Å²) >= 11 is 7.71. The van der Waals surface area contributed by atoms with E-state index in [0.717, 1.165) is 26.5 Å². The summed E-state index contributed by atoms with van der Waals surface area (Å²) in [5.74, 6) is -0.0371. The highest BCUT2D eigenvalue weighted by atomic mass is 35.5. The first-order valence-corrected chi connectivity index (χ1v) is 8.66. The molecule has 0 saturated heterocycles. The first-order chi connectivity index (χ1) is 11.0. The van der Waals surface area contributed by atoms with E-state index in [9.17, 15) is 4.79 Å². The monoisotopic (exact) mass is 347 g/mol. The Labute approximate surface area is 144 Å². The molecular formula is C17H18ClN3OS. The zero-order chi connectivity index (χ0) is 16.6. The van der Waals surface area contributed by atoms with Gasteiger partial charge in [-0.1, -0.05) is 29.8 Å². The number of aromatic nitrogens is 2. The van der Waals surface area contributed by atoms with Gasteiger partial charge in [0.25, 0.3) is 5.91 Å². The fourth-order valence-corrected chi connectivity index (χ4v) is 3.71. The van der Waals surface area contributed by atoms with E-state index in [1.807, 2.05) is 55.8 Å². The first kappa shape index (κ1) is 16.0. The van der Waals surface area contributed by atoms with Gasteiger partial charge in [-0.15, -0.1) is 11.3 Å². The molecule has 0 spiro atoms. The molecule has 0 radical (unpaired) electrons. The van der Waals surface area contributed by atoms with Crippen molar-refractivity contribution in [3.8, 4) is 0 Å². The summed E-state index contributed by atoms with van der Waals surface area (Å²) in [4.78, 5) is 13.9. The Kier molecular flexibility index (Phi) is 4.41. The van der Waals surface area contributed by atoms with Crippen LogP contribution in [0.3, 0.4) is 0 Å². The maximum Gasteiger partial charge on any atom is 0.261 e. The average molecular weight is 348 g/mol. The molecule has 0 bridgehead atoms. The van der Waals surface area contributed by atoms with Crippen LogP contribution in [0.5, 0.6) is 0 Å². The highest BCUT2D eigenvalue weighted by molar-refractivity contribution is 7.20. The summed E-state index contributed by atoms with van der Waals surface area (Å²) in [6, 6.07) is 9.78. The number of fused-ring (bicyclic) bond motifs is 1. The molecule has 0 atom stereocenters. The van der Waals surface area contributed by atoms with E-state index in [-0.39, 0.29) is 11.9 Å². The topological polar surface area (TPSA) is 46.9 Å². The molecule has 1 N–H and O–H groups in total. The van der Waals surface area contributed by atoms with Gasteiger partial charge in [-0.25, -0.2) is 0 Å². The molecular weight excluding hydrogens is 330 g/mol. The van der Waals surface area contributed by atoms with Gasteiger partial charge in [-0.2, -0.15) is 5.10 Å². The minimum absolute atomic E-state index is 0.0371. The summed E-state index contributed by atoms with van der Waals surface area (Å²) in [7, 11) is 0. The smallest absolute Gasteiger partial charge is 0.261 e. The van der Waals surface area contributed by atoms with Crippen LogP contribution in [-0.2, 0) is 6.54 Å². The molecule has 2 aromatic heterocycles. The Morgan fingerprint density at radius 1 is 1.39 bits per heavy atom. The number of benzene rings is 1. The highest BCUT2D eigenvalue weighted by Crippen LogP contribution is 2.29. The molecule has 0 fully saturated rings. The van der Waals surface area contributed by atoms with Crippen molar-refractivity contribution in [2.45, 2.75) is 33.4 Å².